The predicted octanol–water partition coefficient (Wildman–Crippen LogP) is 1.45. The molecule has 2 N–H and O–H groups in total. The quantitative estimate of drug-likeness (QED) is 0.724. The number of likely N-dealkylation sites (N-methyl/N-ethyl adjacent to an activating group) is 1. The van der Waals surface area contributed by atoms with Crippen LogP contribution in [0.1, 0.15) is 18.9 Å². The summed E-state index contributed by atoms with van der Waals surface area (Å²) in [4.78, 5) is 11.0. The highest BCUT2D eigenvalue weighted by molar-refractivity contribution is 5.77. The van der Waals surface area contributed by atoms with Crippen molar-refractivity contribution in [2.75, 3.05) is 20.2 Å². The van der Waals surface area contributed by atoms with Crippen LogP contribution >= 0.6 is 0 Å². The van der Waals surface area contributed by atoms with Gasteiger partial charge in [0.25, 0.3) is 5.91 Å². The highest BCUT2D eigenvalue weighted by Crippen LogP contribution is 2.16. The second-order valence-electron chi connectivity index (χ2n) is 3.93. The Morgan fingerprint density at radius 1 is 1.39 bits per heavy atom. The fraction of sp³-hybridized carbons (Fsp3) is 0.462. The standard InChI is InChI=1S/C13H19FN2O2/c1-3-4-16-8-10-5-11(14)7-12(6-10)18-9-13(17)15-2/h5-7,16H,3-4,8-9H2,1-2H3,(H,15,17). The van der Waals surface area contributed by atoms with E-state index in [1.165, 1.54) is 19.2 Å². The Bertz CT molecular complexity index is 397. The molecular formula is C13H19FN2O2. The van der Waals surface area contributed by atoms with Crippen LogP contribution in [0.5, 0.6) is 5.75 Å². The average molecular weight is 254 g/mol. The van der Waals surface area contributed by atoms with E-state index in [2.05, 4.69) is 17.6 Å². The number of rotatable bonds is 7. The number of nitrogens with one attached hydrogen (secondary N) is 2. The Hall–Kier alpha value is -1.62. The van der Waals surface area contributed by atoms with Crippen LogP contribution in [0.15, 0.2) is 18.2 Å². The first-order valence-electron chi connectivity index (χ1n) is 5.99. The molecule has 1 aromatic carbocycles. The molecule has 0 aromatic heterocycles. The van der Waals surface area contributed by atoms with Crippen molar-refractivity contribution in [3.63, 3.8) is 0 Å². The molecule has 0 unspecified atom stereocenters. The highest BCUT2D eigenvalue weighted by Gasteiger charge is 2.04. The minimum absolute atomic E-state index is 0.109. The number of carbonyl (C=O) groups is 1. The van der Waals surface area contributed by atoms with Crippen molar-refractivity contribution in [3.05, 3.63) is 29.6 Å². The second kappa shape index (κ2) is 7.66. The van der Waals surface area contributed by atoms with E-state index in [1.54, 1.807) is 6.07 Å². The molecule has 0 heterocycles. The van der Waals surface area contributed by atoms with Crippen molar-refractivity contribution in [3.8, 4) is 5.75 Å². The first-order chi connectivity index (χ1) is 8.65. The number of amides is 1. The zero-order chi connectivity index (χ0) is 13.4. The van der Waals surface area contributed by atoms with Crippen molar-refractivity contribution in [2.24, 2.45) is 0 Å². The molecule has 1 aromatic rings. The molecule has 0 saturated carbocycles. The maximum Gasteiger partial charge on any atom is 0.257 e. The van der Waals surface area contributed by atoms with E-state index in [-0.39, 0.29) is 18.3 Å². The smallest absolute Gasteiger partial charge is 0.257 e. The molecule has 0 bridgehead atoms. The Morgan fingerprint density at radius 2 is 2.17 bits per heavy atom. The topological polar surface area (TPSA) is 50.4 Å². The van der Waals surface area contributed by atoms with Gasteiger partial charge in [0, 0.05) is 19.7 Å². The van der Waals surface area contributed by atoms with Crippen molar-refractivity contribution in [1.82, 2.24) is 10.6 Å². The van der Waals surface area contributed by atoms with Crippen LogP contribution in [0.2, 0.25) is 0 Å². The van der Waals surface area contributed by atoms with Gasteiger partial charge in [0.1, 0.15) is 11.6 Å². The summed E-state index contributed by atoms with van der Waals surface area (Å²) in [5.74, 6) is -0.241. The summed E-state index contributed by atoms with van der Waals surface area (Å²) >= 11 is 0. The number of hydrogen-bond acceptors (Lipinski definition) is 3. The monoisotopic (exact) mass is 254 g/mol. The van der Waals surface area contributed by atoms with Crippen molar-refractivity contribution in [2.45, 2.75) is 19.9 Å². The lowest BCUT2D eigenvalue weighted by Crippen LogP contribution is -2.24. The van der Waals surface area contributed by atoms with Gasteiger partial charge in [0.15, 0.2) is 6.61 Å². The van der Waals surface area contributed by atoms with Crippen LogP contribution in [0.4, 0.5) is 4.39 Å². The molecule has 0 aliphatic carbocycles. The molecule has 5 heteroatoms. The van der Waals surface area contributed by atoms with E-state index in [4.69, 9.17) is 4.74 Å². The molecule has 1 rings (SSSR count). The van der Waals surface area contributed by atoms with Gasteiger partial charge in [-0.2, -0.15) is 0 Å². The first-order valence-corrected chi connectivity index (χ1v) is 5.99. The molecular weight excluding hydrogens is 235 g/mol. The summed E-state index contributed by atoms with van der Waals surface area (Å²) in [5, 5.41) is 5.62. The third-order valence-corrected chi connectivity index (χ3v) is 2.34. The molecule has 100 valence electrons. The van der Waals surface area contributed by atoms with Crippen LogP contribution in [-0.4, -0.2) is 26.1 Å². The Morgan fingerprint density at radius 3 is 2.83 bits per heavy atom. The number of benzene rings is 1. The lowest BCUT2D eigenvalue weighted by Gasteiger charge is -2.08. The highest BCUT2D eigenvalue weighted by atomic mass is 19.1. The average Bonchev–Trinajstić information content (AvgIpc) is 2.35. The minimum Gasteiger partial charge on any atom is -0.484 e. The molecule has 18 heavy (non-hydrogen) atoms. The number of carbonyl (C=O) groups excluding carboxylic acids is 1. The van der Waals surface area contributed by atoms with Crippen LogP contribution in [-0.2, 0) is 11.3 Å². The lowest BCUT2D eigenvalue weighted by atomic mass is 10.2. The van der Waals surface area contributed by atoms with Gasteiger partial charge in [0.2, 0.25) is 0 Å². The second-order valence-corrected chi connectivity index (χ2v) is 3.93. The van der Waals surface area contributed by atoms with E-state index in [9.17, 15) is 9.18 Å². The van der Waals surface area contributed by atoms with Gasteiger partial charge < -0.3 is 15.4 Å². The molecule has 0 radical (unpaired) electrons. The summed E-state index contributed by atoms with van der Waals surface area (Å²) in [7, 11) is 1.53. The van der Waals surface area contributed by atoms with Gasteiger partial charge in [0.05, 0.1) is 0 Å². The first kappa shape index (κ1) is 14.4. The van der Waals surface area contributed by atoms with Crippen LogP contribution in [0.3, 0.4) is 0 Å². The number of hydrogen-bond donors (Lipinski definition) is 2. The largest absolute Gasteiger partial charge is 0.484 e. The van der Waals surface area contributed by atoms with Gasteiger partial charge in [-0.1, -0.05) is 6.92 Å². The maximum atomic E-state index is 13.3. The molecule has 0 spiro atoms. The maximum absolute atomic E-state index is 13.3. The molecule has 1 amide bonds. The SMILES string of the molecule is CCCNCc1cc(F)cc(OCC(=O)NC)c1. The van der Waals surface area contributed by atoms with Gasteiger partial charge in [-0.05, 0) is 30.7 Å². The van der Waals surface area contributed by atoms with Crippen molar-refractivity contribution in [1.29, 1.82) is 0 Å². The summed E-state index contributed by atoms with van der Waals surface area (Å²) < 4.78 is 18.5. The third-order valence-electron chi connectivity index (χ3n) is 2.34. The van der Waals surface area contributed by atoms with E-state index < -0.39 is 0 Å². The van der Waals surface area contributed by atoms with Gasteiger partial charge in [-0.25, -0.2) is 4.39 Å². The number of halogens is 1. The molecule has 0 saturated heterocycles. The Kier molecular flexibility index (Phi) is 6.14. The fourth-order valence-electron chi connectivity index (χ4n) is 1.44. The van der Waals surface area contributed by atoms with E-state index in [0.717, 1.165) is 18.5 Å². The van der Waals surface area contributed by atoms with Crippen LogP contribution in [0, 0.1) is 5.82 Å². The van der Waals surface area contributed by atoms with E-state index in [1.807, 2.05) is 0 Å². The van der Waals surface area contributed by atoms with Gasteiger partial charge in [-0.15, -0.1) is 0 Å². The van der Waals surface area contributed by atoms with E-state index >= 15 is 0 Å². The van der Waals surface area contributed by atoms with Crippen LogP contribution < -0.4 is 15.4 Å². The minimum atomic E-state index is -0.363. The Balaban J connectivity index is 2.59. The van der Waals surface area contributed by atoms with Crippen LogP contribution in [0.25, 0.3) is 0 Å². The Labute approximate surface area is 107 Å². The fourth-order valence-corrected chi connectivity index (χ4v) is 1.44. The lowest BCUT2D eigenvalue weighted by molar-refractivity contribution is -0.122. The molecule has 0 fully saturated rings. The zero-order valence-electron chi connectivity index (χ0n) is 10.8. The molecule has 4 nitrogen and oxygen atoms in total. The molecule has 0 aliphatic rings. The normalized spacial score (nSPS) is 10.2. The zero-order valence-corrected chi connectivity index (χ0v) is 10.8. The van der Waals surface area contributed by atoms with Gasteiger partial charge >= 0.3 is 0 Å². The molecule has 0 atom stereocenters. The summed E-state index contributed by atoms with van der Waals surface area (Å²) in [6, 6.07) is 4.45. The van der Waals surface area contributed by atoms with E-state index in [0.29, 0.717) is 12.3 Å². The third kappa shape index (κ3) is 5.14. The van der Waals surface area contributed by atoms with Crippen molar-refractivity contribution < 1.29 is 13.9 Å². The molecule has 0 aliphatic heterocycles. The summed E-state index contributed by atoms with van der Waals surface area (Å²) in [5.41, 5.74) is 0.801. The van der Waals surface area contributed by atoms with Gasteiger partial charge in [-0.3, -0.25) is 4.79 Å². The predicted molar refractivity (Wildman–Crippen MR) is 68.0 cm³/mol. The number of ether oxygens (including phenoxy) is 1. The summed E-state index contributed by atoms with van der Waals surface area (Å²) in [6.07, 6.45) is 1.02. The van der Waals surface area contributed by atoms with Crippen molar-refractivity contribution >= 4 is 5.91 Å². The summed E-state index contributed by atoms with van der Waals surface area (Å²) in [6.45, 7) is 3.42.